The van der Waals surface area contributed by atoms with Crippen molar-refractivity contribution in [2.24, 2.45) is 9.98 Å². The summed E-state index contributed by atoms with van der Waals surface area (Å²) in [4.78, 5) is 14.8. The minimum atomic E-state index is -4.47. The average Bonchev–Trinajstić information content (AvgIpc) is 2.69. The highest BCUT2D eigenvalue weighted by Gasteiger charge is 2.31. The van der Waals surface area contributed by atoms with Crippen LogP contribution in [0.2, 0.25) is 5.02 Å². The van der Waals surface area contributed by atoms with Crippen molar-refractivity contribution < 1.29 is 13.2 Å². The zero-order valence-electron chi connectivity index (χ0n) is 17.5. The van der Waals surface area contributed by atoms with Gasteiger partial charge in [-0.2, -0.15) is 13.2 Å². The van der Waals surface area contributed by atoms with Crippen molar-refractivity contribution in [3.8, 4) is 0 Å². The summed E-state index contributed by atoms with van der Waals surface area (Å²) >= 11 is 7.27. The Morgan fingerprint density at radius 2 is 1.93 bits per heavy atom. The van der Waals surface area contributed by atoms with E-state index in [0.717, 1.165) is 46.9 Å². The molecule has 2 aromatic rings. The van der Waals surface area contributed by atoms with Gasteiger partial charge in [-0.3, -0.25) is 4.99 Å². The highest BCUT2D eigenvalue weighted by molar-refractivity contribution is 8.00. The number of halogens is 4. The van der Waals surface area contributed by atoms with E-state index in [0.29, 0.717) is 10.8 Å². The number of alkyl halides is 3. The van der Waals surface area contributed by atoms with Crippen molar-refractivity contribution in [3.05, 3.63) is 51.7 Å². The Morgan fingerprint density at radius 3 is 2.50 bits per heavy atom. The van der Waals surface area contributed by atoms with Crippen LogP contribution in [0.3, 0.4) is 0 Å². The molecule has 0 atom stereocenters. The van der Waals surface area contributed by atoms with Crippen LogP contribution >= 0.6 is 23.4 Å². The van der Waals surface area contributed by atoms with Gasteiger partial charge in [-0.25, -0.2) is 9.98 Å². The smallest absolute Gasteiger partial charge is 0.366 e. The second-order valence-corrected chi connectivity index (χ2v) is 8.11. The van der Waals surface area contributed by atoms with Crippen molar-refractivity contribution >= 4 is 41.1 Å². The standard InChI is InChI=1S/C21H24ClF3N4S/c1-6-29(5)12-28-18-8-13(2)16(7-14(18)3)19(26-4)11-30-20-17(22)9-15(10-27-20)21(23,24)25/h7-10,12H,6,11H2,1-5H3/b26-19+,28-12-. The third kappa shape index (κ3) is 6.22. The molecule has 0 amide bonds. The van der Waals surface area contributed by atoms with Crippen LogP contribution in [0.5, 0.6) is 0 Å². The van der Waals surface area contributed by atoms with E-state index < -0.39 is 11.7 Å². The van der Waals surface area contributed by atoms with Crippen LogP contribution in [0.15, 0.2) is 39.4 Å². The number of hydrogen-bond donors (Lipinski definition) is 0. The third-order valence-corrected chi connectivity index (χ3v) is 5.91. The molecule has 1 aromatic heterocycles. The van der Waals surface area contributed by atoms with Gasteiger partial charge in [0.15, 0.2) is 0 Å². The van der Waals surface area contributed by atoms with Gasteiger partial charge in [0.05, 0.1) is 28.3 Å². The van der Waals surface area contributed by atoms with Gasteiger partial charge < -0.3 is 4.90 Å². The van der Waals surface area contributed by atoms with Gasteiger partial charge >= 0.3 is 6.18 Å². The Kier molecular flexibility index (Phi) is 8.32. The van der Waals surface area contributed by atoms with Crippen molar-refractivity contribution in [2.75, 3.05) is 26.4 Å². The van der Waals surface area contributed by atoms with Gasteiger partial charge in [0, 0.05) is 32.6 Å². The largest absolute Gasteiger partial charge is 0.417 e. The van der Waals surface area contributed by atoms with Gasteiger partial charge in [0.25, 0.3) is 0 Å². The quantitative estimate of drug-likeness (QED) is 0.283. The minimum Gasteiger partial charge on any atom is -0.366 e. The summed E-state index contributed by atoms with van der Waals surface area (Å²) in [5.41, 5.74) is 3.81. The first-order valence-corrected chi connectivity index (χ1v) is 10.6. The predicted octanol–water partition coefficient (Wildman–Crippen LogP) is 6.19. The number of thioether (sulfide) groups is 1. The zero-order valence-corrected chi connectivity index (χ0v) is 19.1. The Bertz CT molecular complexity index is 958. The molecule has 1 aromatic carbocycles. The molecule has 0 unspecified atom stereocenters. The maximum absolute atomic E-state index is 12.8. The molecule has 0 spiro atoms. The summed E-state index contributed by atoms with van der Waals surface area (Å²) in [6.45, 7) is 6.88. The topological polar surface area (TPSA) is 40.9 Å². The molecule has 0 N–H and O–H groups in total. The lowest BCUT2D eigenvalue weighted by molar-refractivity contribution is -0.137. The fourth-order valence-electron chi connectivity index (χ4n) is 2.58. The van der Waals surface area contributed by atoms with Crippen LogP contribution in [0.4, 0.5) is 18.9 Å². The molecule has 0 aliphatic carbocycles. The minimum absolute atomic E-state index is 0.0251. The number of hydrogen-bond acceptors (Lipinski definition) is 4. The molecule has 162 valence electrons. The highest BCUT2D eigenvalue weighted by Crippen LogP contribution is 2.34. The molecular formula is C21H24ClF3N4S. The Morgan fingerprint density at radius 1 is 1.23 bits per heavy atom. The second-order valence-electron chi connectivity index (χ2n) is 6.74. The maximum Gasteiger partial charge on any atom is 0.417 e. The summed E-state index contributed by atoms with van der Waals surface area (Å²) < 4.78 is 38.4. The Balaban J connectivity index is 2.21. The van der Waals surface area contributed by atoms with Gasteiger partial charge in [0.1, 0.15) is 5.03 Å². The first-order chi connectivity index (χ1) is 14.1. The number of aryl methyl sites for hydroxylation is 2. The first kappa shape index (κ1) is 24.2. The normalized spacial score (nSPS) is 12.6. The molecule has 9 heteroatoms. The van der Waals surface area contributed by atoms with Crippen molar-refractivity contribution in [1.82, 2.24) is 9.88 Å². The van der Waals surface area contributed by atoms with Crippen molar-refractivity contribution in [3.63, 3.8) is 0 Å². The molecule has 4 nitrogen and oxygen atoms in total. The highest BCUT2D eigenvalue weighted by atomic mass is 35.5. The van der Waals surface area contributed by atoms with E-state index in [1.54, 1.807) is 13.4 Å². The Labute approximate surface area is 184 Å². The lowest BCUT2D eigenvalue weighted by atomic mass is 10.0. The van der Waals surface area contributed by atoms with E-state index >= 15 is 0 Å². The van der Waals surface area contributed by atoms with Crippen LogP contribution in [0.1, 0.15) is 29.2 Å². The molecule has 0 aliphatic rings. The van der Waals surface area contributed by atoms with E-state index in [9.17, 15) is 13.2 Å². The summed E-state index contributed by atoms with van der Waals surface area (Å²) in [6, 6.07) is 4.93. The molecule has 2 rings (SSSR count). The van der Waals surface area contributed by atoms with Gasteiger partial charge in [-0.1, -0.05) is 23.4 Å². The number of nitrogens with zero attached hydrogens (tertiary/aromatic N) is 4. The zero-order chi connectivity index (χ0) is 22.5. The van der Waals surface area contributed by atoms with E-state index in [1.165, 1.54) is 11.8 Å². The van der Waals surface area contributed by atoms with Crippen LogP contribution in [0.25, 0.3) is 0 Å². The van der Waals surface area contributed by atoms with Crippen LogP contribution in [0, 0.1) is 13.8 Å². The summed E-state index contributed by atoms with van der Waals surface area (Å²) in [6.07, 6.45) is -1.88. The molecule has 30 heavy (non-hydrogen) atoms. The molecule has 0 radical (unpaired) electrons. The molecule has 0 saturated carbocycles. The van der Waals surface area contributed by atoms with E-state index in [4.69, 9.17) is 11.6 Å². The fourth-order valence-corrected chi connectivity index (χ4v) is 3.79. The van der Waals surface area contributed by atoms with E-state index in [1.807, 2.05) is 44.9 Å². The summed E-state index contributed by atoms with van der Waals surface area (Å²) in [5.74, 6) is 0.427. The Hall–Kier alpha value is -2.06. The van der Waals surface area contributed by atoms with Gasteiger partial charge in [0.2, 0.25) is 0 Å². The molecule has 0 bridgehead atoms. The monoisotopic (exact) mass is 456 g/mol. The number of rotatable bonds is 7. The van der Waals surface area contributed by atoms with E-state index in [-0.39, 0.29) is 5.02 Å². The molecule has 0 saturated heterocycles. The molecule has 1 heterocycles. The number of benzene rings is 1. The second kappa shape index (κ2) is 10.3. The lowest BCUT2D eigenvalue weighted by Crippen LogP contribution is -2.14. The van der Waals surface area contributed by atoms with Crippen molar-refractivity contribution in [2.45, 2.75) is 32.0 Å². The van der Waals surface area contributed by atoms with Crippen LogP contribution < -0.4 is 0 Å². The predicted molar refractivity (Wildman–Crippen MR) is 120 cm³/mol. The fraction of sp³-hybridized carbons (Fsp3) is 0.381. The summed E-state index contributed by atoms with van der Waals surface area (Å²) in [7, 11) is 3.65. The van der Waals surface area contributed by atoms with Crippen LogP contribution in [-0.4, -0.2) is 48.3 Å². The summed E-state index contributed by atoms with van der Waals surface area (Å²) in [5, 5.41) is 0.312. The first-order valence-electron chi connectivity index (χ1n) is 9.24. The van der Waals surface area contributed by atoms with Crippen molar-refractivity contribution in [1.29, 1.82) is 0 Å². The molecule has 0 fully saturated rings. The molecule has 0 aliphatic heterocycles. The van der Waals surface area contributed by atoms with Gasteiger partial charge in [-0.05, 0) is 55.7 Å². The van der Waals surface area contributed by atoms with E-state index in [2.05, 4.69) is 15.0 Å². The number of aliphatic imine (C=N–C) groups is 2. The number of aromatic nitrogens is 1. The molecular weight excluding hydrogens is 433 g/mol. The average molecular weight is 457 g/mol. The SMILES string of the molecule is CCN(C)/C=N\c1cc(C)c(/C(CSc2ncc(C(F)(F)F)cc2Cl)=N/C)cc1C. The lowest BCUT2D eigenvalue weighted by Gasteiger charge is -2.14. The number of pyridine rings is 1. The third-order valence-electron chi connectivity index (χ3n) is 4.50. The van der Waals surface area contributed by atoms with Crippen LogP contribution in [-0.2, 0) is 6.18 Å². The van der Waals surface area contributed by atoms with Gasteiger partial charge in [-0.15, -0.1) is 0 Å². The maximum atomic E-state index is 12.8.